The zero-order chi connectivity index (χ0) is 14.3. The van der Waals surface area contributed by atoms with Crippen LogP contribution in [0.1, 0.15) is 23.6 Å². The number of rotatable bonds is 6. The van der Waals surface area contributed by atoms with E-state index in [4.69, 9.17) is 9.84 Å². The highest BCUT2D eigenvalue weighted by atomic mass is 16.5. The molecule has 0 amide bonds. The van der Waals surface area contributed by atoms with Crippen molar-refractivity contribution < 1.29 is 9.84 Å². The van der Waals surface area contributed by atoms with Gasteiger partial charge in [0.1, 0.15) is 6.73 Å². The summed E-state index contributed by atoms with van der Waals surface area (Å²) in [4.78, 5) is 4.16. The van der Waals surface area contributed by atoms with E-state index in [1.165, 1.54) is 0 Å². The second kappa shape index (κ2) is 7.67. The van der Waals surface area contributed by atoms with Gasteiger partial charge in [0.25, 0.3) is 0 Å². The normalized spacial score (nSPS) is 12.1. The molecule has 0 spiro atoms. The molecule has 0 aliphatic rings. The zero-order valence-electron chi connectivity index (χ0n) is 11.8. The summed E-state index contributed by atoms with van der Waals surface area (Å²) in [6.07, 6.45) is 3.79. The minimum Gasteiger partial charge on any atom is -0.380 e. The fourth-order valence-electron chi connectivity index (χ4n) is 1.90. The van der Waals surface area contributed by atoms with E-state index in [9.17, 15) is 0 Å². The van der Waals surface area contributed by atoms with Crippen LogP contribution in [0.4, 0.5) is 0 Å². The lowest BCUT2D eigenvalue weighted by atomic mass is 9.96. The van der Waals surface area contributed by atoms with Crippen LogP contribution in [0.15, 0.2) is 47.5 Å². The van der Waals surface area contributed by atoms with E-state index < -0.39 is 0 Å². The third kappa shape index (κ3) is 4.16. The Morgan fingerprint density at radius 1 is 1.47 bits per heavy atom. The smallest absolute Gasteiger partial charge is 0.135 e. The minimum absolute atomic E-state index is 0.258. The number of hydrogen-bond donors (Lipinski definition) is 1. The quantitative estimate of drug-likeness (QED) is 0.630. The molecular formula is C16H21NO2. The summed E-state index contributed by atoms with van der Waals surface area (Å²) in [6.45, 7) is 8.19. The number of allylic oxidation sites excluding steroid dienone is 3. The van der Waals surface area contributed by atoms with Gasteiger partial charge in [0.05, 0.1) is 12.3 Å². The molecule has 0 bridgehead atoms. The van der Waals surface area contributed by atoms with E-state index >= 15 is 0 Å². The van der Waals surface area contributed by atoms with E-state index in [-0.39, 0.29) is 6.73 Å². The molecule has 1 N–H and O–H groups in total. The summed E-state index contributed by atoms with van der Waals surface area (Å²) in [6, 6.07) is 6.09. The first kappa shape index (κ1) is 15.3. The number of methoxy groups -OCH3 is 1. The lowest BCUT2D eigenvalue weighted by Gasteiger charge is -2.13. The van der Waals surface area contributed by atoms with Gasteiger partial charge in [-0.15, -0.1) is 0 Å². The fourth-order valence-corrected chi connectivity index (χ4v) is 1.90. The molecule has 0 aliphatic heterocycles. The van der Waals surface area contributed by atoms with Crippen molar-refractivity contribution in [2.24, 2.45) is 4.99 Å². The SMILES string of the molecule is C=C(/C=C\C)C(=NCO)c1cc(C)ccc1COC. The Morgan fingerprint density at radius 3 is 2.79 bits per heavy atom. The largest absolute Gasteiger partial charge is 0.380 e. The van der Waals surface area contributed by atoms with Crippen LogP contribution in [0.3, 0.4) is 0 Å². The number of aliphatic hydroxyl groups excluding tert-OH is 1. The summed E-state index contributed by atoms with van der Waals surface area (Å²) in [5.41, 5.74) is 4.61. The second-order valence-electron chi connectivity index (χ2n) is 4.27. The van der Waals surface area contributed by atoms with Crippen molar-refractivity contribution in [3.63, 3.8) is 0 Å². The molecule has 3 nitrogen and oxygen atoms in total. The van der Waals surface area contributed by atoms with Gasteiger partial charge >= 0.3 is 0 Å². The van der Waals surface area contributed by atoms with E-state index in [1.807, 2.05) is 44.2 Å². The van der Waals surface area contributed by atoms with Crippen molar-refractivity contribution in [2.75, 3.05) is 13.8 Å². The molecule has 1 aromatic carbocycles. The highest BCUT2D eigenvalue weighted by Crippen LogP contribution is 2.18. The number of aliphatic imine (C=N–C) groups is 1. The summed E-state index contributed by atoms with van der Waals surface area (Å²) >= 11 is 0. The number of hydrogen-bond acceptors (Lipinski definition) is 3. The summed E-state index contributed by atoms with van der Waals surface area (Å²) in [5.74, 6) is 0. The molecule has 1 aromatic rings. The molecule has 0 atom stereocenters. The maximum atomic E-state index is 9.12. The Hall–Kier alpha value is -1.71. The predicted molar refractivity (Wildman–Crippen MR) is 79.5 cm³/mol. The molecule has 0 aliphatic carbocycles. The van der Waals surface area contributed by atoms with Crippen molar-refractivity contribution >= 4 is 5.71 Å². The minimum atomic E-state index is -0.258. The lowest BCUT2D eigenvalue weighted by molar-refractivity contribution is 0.184. The van der Waals surface area contributed by atoms with Crippen LogP contribution in [0.2, 0.25) is 0 Å². The predicted octanol–water partition coefficient (Wildman–Crippen LogP) is 3.01. The number of aliphatic hydroxyl groups is 1. The Kier molecular flexibility index (Phi) is 6.19. The maximum Gasteiger partial charge on any atom is 0.135 e. The number of aryl methyl sites for hydroxylation is 1. The van der Waals surface area contributed by atoms with Gasteiger partial charge in [-0.3, -0.25) is 4.99 Å². The molecular weight excluding hydrogens is 238 g/mol. The molecule has 1 rings (SSSR count). The van der Waals surface area contributed by atoms with E-state index in [0.29, 0.717) is 12.3 Å². The van der Waals surface area contributed by atoms with E-state index in [2.05, 4.69) is 11.6 Å². The Labute approximate surface area is 115 Å². The molecule has 102 valence electrons. The van der Waals surface area contributed by atoms with Crippen LogP contribution in [-0.2, 0) is 11.3 Å². The third-order valence-electron chi connectivity index (χ3n) is 2.72. The molecule has 0 radical (unpaired) electrons. The highest BCUT2D eigenvalue weighted by Gasteiger charge is 2.11. The average Bonchev–Trinajstić information content (AvgIpc) is 2.38. The molecule has 0 heterocycles. The molecule has 3 heteroatoms. The van der Waals surface area contributed by atoms with Gasteiger partial charge in [-0.2, -0.15) is 0 Å². The molecule has 0 unspecified atom stereocenters. The highest BCUT2D eigenvalue weighted by molar-refractivity contribution is 6.14. The second-order valence-corrected chi connectivity index (χ2v) is 4.27. The van der Waals surface area contributed by atoms with Crippen molar-refractivity contribution in [3.8, 4) is 0 Å². The monoisotopic (exact) mass is 259 g/mol. The van der Waals surface area contributed by atoms with Crippen molar-refractivity contribution in [1.29, 1.82) is 0 Å². The number of nitrogens with zero attached hydrogens (tertiary/aromatic N) is 1. The van der Waals surface area contributed by atoms with Crippen molar-refractivity contribution in [3.05, 3.63) is 59.2 Å². The fraction of sp³-hybridized carbons (Fsp3) is 0.312. The van der Waals surface area contributed by atoms with Crippen LogP contribution < -0.4 is 0 Å². The van der Waals surface area contributed by atoms with Gasteiger partial charge in [0.15, 0.2) is 0 Å². The topological polar surface area (TPSA) is 41.8 Å². The first-order chi connectivity index (χ1) is 9.13. The lowest BCUT2D eigenvalue weighted by Crippen LogP contribution is -2.09. The molecule has 0 fully saturated rings. The van der Waals surface area contributed by atoms with Crippen LogP contribution in [0.25, 0.3) is 0 Å². The van der Waals surface area contributed by atoms with Crippen molar-refractivity contribution in [1.82, 2.24) is 0 Å². The van der Waals surface area contributed by atoms with Crippen LogP contribution in [0, 0.1) is 6.92 Å². The van der Waals surface area contributed by atoms with Crippen LogP contribution in [-0.4, -0.2) is 24.7 Å². The Balaban J connectivity index is 3.32. The number of ether oxygens (including phenoxy) is 1. The van der Waals surface area contributed by atoms with Gasteiger partial charge in [-0.05, 0) is 31.1 Å². The first-order valence-corrected chi connectivity index (χ1v) is 6.20. The summed E-state index contributed by atoms with van der Waals surface area (Å²) in [7, 11) is 1.66. The van der Waals surface area contributed by atoms with Crippen molar-refractivity contribution in [2.45, 2.75) is 20.5 Å². The van der Waals surface area contributed by atoms with Gasteiger partial charge in [-0.25, -0.2) is 0 Å². The molecule has 0 aromatic heterocycles. The van der Waals surface area contributed by atoms with Gasteiger partial charge in [0.2, 0.25) is 0 Å². The first-order valence-electron chi connectivity index (χ1n) is 6.20. The van der Waals surface area contributed by atoms with E-state index in [1.54, 1.807) is 7.11 Å². The van der Waals surface area contributed by atoms with Gasteiger partial charge in [0, 0.05) is 12.7 Å². The maximum absolute atomic E-state index is 9.12. The summed E-state index contributed by atoms with van der Waals surface area (Å²) < 4.78 is 5.21. The van der Waals surface area contributed by atoms with E-state index in [0.717, 1.165) is 22.3 Å². The Morgan fingerprint density at radius 2 is 2.21 bits per heavy atom. The number of benzene rings is 1. The van der Waals surface area contributed by atoms with Gasteiger partial charge < -0.3 is 9.84 Å². The third-order valence-corrected chi connectivity index (χ3v) is 2.72. The molecule has 0 saturated carbocycles. The standard InChI is InChI=1S/C16H21NO2/c1-5-6-13(3)16(17-11-18)15-9-12(2)7-8-14(15)10-19-4/h5-9,18H,3,10-11H2,1-2,4H3/b6-5-,17-16?. The molecule has 0 saturated heterocycles. The van der Waals surface area contributed by atoms with Gasteiger partial charge in [-0.1, -0.05) is 36.4 Å². The van der Waals surface area contributed by atoms with Crippen LogP contribution in [0.5, 0.6) is 0 Å². The average molecular weight is 259 g/mol. The zero-order valence-corrected chi connectivity index (χ0v) is 11.8. The Bertz CT molecular complexity index is 501. The summed E-state index contributed by atoms with van der Waals surface area (Å²) in [5, 5.41) is 9.12. The molecule has 19 heavy (non-hydrogen) atoms. The van der Waals surface area contributed by atoms with Crippen LogP contribution >= 0.6 is 0 Å².